The van der Waals surface area contributed by atoms with Gasteiger partial charge in [0.25, 0.3) is 5.91 Å². The van der Waals surface area contributed by atoms with Crippen molar-refractivity contribution in [2.75, 3.05) is 20.3 Å². The van der Waals surface area contributed by atoms with Crippen molar-refractivity contribution < 1.29 is 18.7 Å². The molecule has 0 N–H and O–H groups in total. The zero-order valence-corrected chi connectivity index (χ0v) is 16.8. The molecule has 0 spiro atoms. The topological polar surface area (TPSA) is 51.1 Å². The summed E-state index contributed by atoms with van der Waals surface area (Å²) < 4.78 is 24.2. The standard InChI is InChI=1S/C22H19FN2O3S/c1-4-12-28-18-11-6-15(13-19(18)27-5-2)14-20-21(26)25(3)22(29-20)24-17-9-7-16(23)8-10-17/h1,6-11,13-14H,5,12H2,2-3H3/b20-14+,24-22?. The smallest absolute Gasteiger partial charge is 0.266 e. The van der Waals surface area contributed by atoms with Crippen LogP contribution in [-0.4, -0.2) is 36.2 Å². The van der Waals surface area contributed by atoms with Crippen LogP contribution in [0.2, 0.25) is 0 Å². The van der Waals surface area contributed by atoms with Crippen molar-refractivity contribution in [2.45, 2.75) is 6.92 Å². The number of amides is 1. The molecule has 2 aromatic carbocycles. The van der Waals surface area contributed by atoms with Crippen molar-refractivity contribution in [3.63, 3.8) is 0 Å². The van der Waals surface area contributed by atoms with Crippen LogP contribution in [0.15, 0.2) is 52.4 Å². The molecule has 1 aliphatic heterocycles. The largest absolute Gasteiger partial charge is 0.490 e. The highest BCUT2D eigenvalue weighted by atomic mass is 32.2. The molecule has 0 radical (unpaired) electrons. The van der Waals surface area contributed by atoms with Gasteiger partial charge in [-0.25, -0.2) is 9.38 Å². The van der Waals surface area contributed by atoms with E-state index in [1.165, 1.54) is 28.8 Å². The van der Waals surface area contributed by atoms with Crippen LogP contribution in [0.5, 0.6) is 11.5 Å². The van der Waals surface area contributed by atoms with Gasteiger partial charge in [-0.3, -0.25) is 9.69 Å². The van der Waals surface area contributed by atoms with E-state index >= 15 is 0 Å². The van der Waals surface area contributed by atoms with Gasteiger partial charge in [0.1, 0.15) is 12.4 Å². The Labute approximate surface area is 173 Å². The molecule has 1 amide bonds. The lowest BCUT2D eigenvalue weighted by Crippen LogP contribution is -2.23. The minimum atomic E-state index is -0.335. The molecule has 0 unspecified atom stereocenters. The summed E-state index contributed by atoms with van der Waals surface area (Å²) in [5.74, 6) is 3.03. The monoisotopic (exact) mass is 410 g/mol. The lowest BCUT2D eigenvalue weighted by Gasteiger charge is -2.11. The maximum Gasteiger partial charge on any atom is 0.266 e. The highest BCUT2D eigenvalue weighted by Gasteiger charge is 2.30. The average Bonchev–Trinajstić information content (AvgIpc) is 2.97. The number of terminal acetylenes is 1. The summed E-state index contributed by atoms with van der Waals surface area (Å²) in [6, 6.07) is 11.2. The zero-order chi connectivity index (χ0) is 20.8. The van der Waals surface area contributed by atoms with E-state index in [9.17, 15) is 9.18 Å². The molecule has 7 heteroatoms. The second kappa shape index (κ2) is 9.30. The van der Waals surface area contributed by atoms with E-state index in [4.69, 9.17) is 15.9 Å². The number of rotatable bonds is 6. The molecule has 1 fully saturated rings. The highest BCUT2D eigenvalue weighted by molar-refractivity contribution is 8.18. The third kappa shape index (κ3) is 4.98. The van der Waals surface area contributed by atoms with E-state index in [0.29, 0.717) is 33.9 Å². The van der Waals surface area contributed by atoms with Crippen LogP contribution in [0.3, 0.4) is 0 Å². The first-order valence-electron chi connectivity index (χ1n) is 8.86. The van der Waals surface area contributed by atoms with Gasteiger partial charge < -0.3 is 9.47 Å². The van der Waals surface area contributed by atoms with E-state index in [2.05, 4.69) is 10.9 Å². The summed E-state index contributed by atoms with van der Waals surface area (Å²) in [7, 11) is 1.65. The number of carbonyl (C=O) groups is 1. The first kappa shape index (κ1) is 20.5. The van der Waals surface area contributed by atoms with Gasteiger partial charge in [-0.1, -0.05) is 12.0 Å². The third-order valence-electron chi connectivity index (χ3n) is 3.93. The molecule has 0 aromatic heterocycles. The zero-order valence-electron chi connectivity index (χ0n) is 16.0. The normalized spacial score (nSPS) is 16.3. The summed E-state index contributed by atoms with van der Waals surface area (Å²) >= 11 is 1.25. The van der Waals surface area contributed by atoms with Gasteiger partial charge in [0.15, 0.2) is 16.7 Å². The number of amidine groups is 1. The number of hydrogen-bond donors (Lipinski definition) is 0. The van der Waals surface area contributed by atoms with Crippen LogP contribution in [-0.2, 0) is 4.79 Å². The molecule has 5 nitrogen and oxygen atoms in total. The number of halogens is 1. The third-order valence-corrected chi connectivity index (χ3v) is 4.99. The summed E-state index contributed by atoms with van der Waals surface area (Å²) in [5.41, 5.74) is 1.36. The lowest BCUT2D eigenvalue weighted by molar-refractivity contribution is -0.121. The molecule has 2 aromatic rings. The molecule has 0 saturated carbocycles. The molecule has 1 saturated heterocycles. The van der Waals surface area contributed by atoms with Gasteiger partial charge in [-0.05, 0) is 66.7 Å². The van der Waals surface area contributed by atoms with E-state index in [0.717, 1.165) is 5.56 Å². The van der Waals surface area contributed by atoms with Gasteiger partial charge in [-0.2, -0.15) is 0 Å². The van der Waals surface area contributed by atoms with E-state index in [1.54, 1.807) is 37.4 Å². The Kier molecular flexibility index (Phi) is 6.57. The lowest BCUT2D eigenvalue weighted by atomic mass is 10.2. The predicted octanol–water partition coefficient (Wildman–Crippen LogP) is 4.47. The molecule has 1 aliphatic rings. The fourth-order valence-corrected chi connectivity index (χ4v) is 3.54. The average molecular weight is 410 g/mol. The first-order chi connectivity index (χ1) is 14.0. The Morgan fingerprint density at radius 1 is 1.21 bits per heavy atom. The Morgan fingerprint density at radius 2 is 1.97 bits per heavy atom. The van der Waals surface area contributed by atoms with Crippen molar-refractivity contribution in [2.24, 2.45) is 4.99 Å². The van der Waals surface area contributed by atoms with Gasteiger partial charge in [-0.15, -0.1) is 6.42 Å². The fourth-order valence-electron chi connectivity index (χ4n) is 2.55. The van der Waals surface area contributed by atoms with Crippen molar-refractivity contribution in [3.05, 3.63) is 58.8 Å². The van der Waals surface area contributed by atoms with Crippen molar-refractivity contribution >= 4 is 34.6 Å². The van der Waals surface area contributed by atoms with Gasteiger partial charge in [0.05, 0.1) is 17.2 Å². The summed E-state index contributed by atoms with van der Waals surface area (Å²) in [4.78, 5) is 19.0. The second-order valence-electron chi connectivity index (χ2n) is 5.98. The molecule has 1 heterocycles. The summed E-state index contributed by atoms with van der Waals surface area (Å²) in [6.07, 6.45) is 7.01. The number of benzene rings is 2. The fraction of sp³-hybridized carbons (Fsp3) is 0.182. The van der Waals surface area contributed by atoms with Crippen molar-refractivity contribution in [3.8, 4) is 23.8 Å². The Morgan fingerprint density at radius 3 is 2.66 bits per heavy atom. The molecular formula is C22H19FN2O3S. The van der Waals surface area contributed by atoms with Crippen molar-refractivity contribution in [1.29, 1.82) is 0 Å². The number of thioether (sulfide) groups is 1. The maximum atomic E-state index is 13.1. The van der Waals surface area contributed by atoms with Gasteiger partial charge in [0, 0.05) is 7.05 Å². The van der Waals surface area contributed by atoms with Crippen LogP contribution in [0.25, 0.3) is 6.08 Å². The van der Waals surface area contributed by atoms with Crippen LogP contribution in [0.1, 0.15) is 12.5 Å². The van der Waals surface area contributed by atoms with Crippen LogP contribution >= 0.6 is 11.8 Å². The minimum absolute atomic E-state index is 0.142. The number of ether oxygens (including phenoxy) is 2. The number of nitrogens with zero attached hydrogens (tertiary/aromatic N) is 2. The molecule has 148 valence electrons. The second-order valence-corrected chi connectivity index (χ2v) is 6.99. The molecule has 0 atom stereocenters. The van der Waals surface area contributed by atoms with Crippen LogP contribution in [0, 0.1) is 18.2 Å². The highest BCUT2D eigenvalue weighted by Crippen LogP contribution is 2.35. The molecule has 0 bridgehead atoms. The van der Waals surface area contributed by atoms with Crippen LogP contribution in [0.4, 0.5) is 10.1 Å². The van der Waals surface area contributed by atoms with Gasteiger partial charge >= 0.3 is 0 Å². The van der Waals surface area contributed by atoms with Crippen LogP contribution < -0.4 is 9.47 Å². The SMILES string of the molecule is C#CCOc1ccc(/C=C2/SC(=Nc3ccc(F)cc3)N(C)C2=O)cc1OCC. The molecule has 0 aliphatic carbocycles. The first-order valence-corrected chi connectivity index (χ1v) is 9.68. The quantitative estimate of drug-likeness (QED) is 0.521. The number of hydrogen-bond acceptors (Lipinski definition) is 5. The van der Waals surface area contributed by atoms with Gasteiger partial charge in [0.2, 0.25) is 0 Å². The molecule has 29 heavy (non-hydrogen) atoms. The number of carbonyl (C=O) groups excluding carboxylic acids is 1. The molecule has 3 rings (SSSR count). The Bertz CT molecular complexity index is 1010. The van der Waals surface area contributed by atoms with E-state index < -0.39 is 0 Å². The maximum absolute atomic E-state index is 13.1. The minimum Gasteiger partial charge on any atom is -0.490 e. The Hall–Kier alpha value is -3.24. The predicted molar refractivity (Wildman–Crippen MR) is 114 cm³/mol. The molecular weight excluding hydrogens is 391 g/mol. The number of aliphatic imine (C=N–C) groups is 1. The summed E-state index contributed by atoms with van der Waals surface area (Å²) in [6.45, 7) is 2.49. The Balaban J connectivity index is 1.86. The number of likely N-dealkylation sites (N-methyl/N-ethyl adjacent to an activating group) is 1. The van der Waals surface area contributed by atoms with E-state index in [1.807, 2.05) is 13.0 Å². The van der Waals surface area contributed by atoms with Crippen molar-refractivity contribution in [1.82, 2.24) is 4.90 Å². The summed E-state index contributed by atoms with van der Waals surface area (Å²) in [5, 5.41) is 0.520. The van der Waals surface area contributed by atoms with E-state index in [-0.39, 0.29) is 18.3 Å².